The molecule has 1 rings (SSSR count). The third-order valence-corrected chi connectivity index (χ3v) is 3.82. The molecule has 0 saturated carbocycles. The molecule has 2 nitrogen and oxygen atoms in total. The van der Waals surface area contributed by atoms with Crippen molar-refractivity contribution in [3.8, 4) is 0 Å². The number of nitrogens with one attached hydrogen (secondary N) is 1. The fourth-order valence-corrected chi connectivity index (χ4v) is 1.88. The second-order valence-electron chi connectivity index (χ2n) is 3.61. The average Bonchev–Trinajstić information content (AvgIpc) is 2.29. The quantitative estimate of drug-likeness (QED) is 0.792. The molecule has 0 radical (unpaired) electrons. The lowest BCUT2D eigenvalue weighted by Gasteiger charge is -2.10. The number of hydrogen-bond donors (Lipinski definition) is 2. The van der Waals surface area contributed by atoms with Crippen LogP contribution in [0.3, 0.4) is 0 Å². The molecule has 0 saturated heterocycles. The van der Waals surface area contributed by atoms with Gasteiger partial charge in [-0.25, -0.2) is 0 Å². The van der Waals surface area contributed by atoms with E-state index in [0.717, 1.165) is 11.3 Å². The van der Waals surface area contributed by atoms with Crippen molar-refractivity contribution >= 4 is 30.3 Å². The summed E-state index contributed by atoms with van der Waals surface area (Å²) in [5.41, 5.74) is 0.641. The van der Waals surface area contributed by atoms with Gasteiger partial charge in [0.1, 0.15) is 0 Å². The first kappa shape index (κ1) is 13.5. The van der Waals surface area contributed by atoms with Crippen molar-refractivity contribution in [3.05, 3.63) is 29.8 Å². The first-order chi connectivity index (χ1) is 7.65. The summed E-state index contributed by atoms with van der Waals surface area (Å²) in [7, 11) is 0. The van der Waals surface area contributed by atoms with Gasteiger partial charge < -0.3 is 5.32 Å². The first-order valence-corrected chi connectivity index (χ1v) is 6.97. The number of thioether (sulfide) groups is 1. The van der Waals surface area contributed by atoms with Gasteiger partial charge in [0.15, 0.2) is 0 Å². The number of carbonyl (C=O) groups excluding carboxylic acids is 1. The molecule has 0 aromatic heterocycles. The Morgan fingerprint density at radius 1 is 1.50 bits per heavy atom. The van der Waals surface area contributed by atoms with E-state index in [2.05, 4.69) is 31.1 Å². The number of hydrogen-bond acceptors (Lipinski definition) is 3. The maximum Gasteiger partial charge on any atom is 0.252 e. The van der Waals surface area contributed by atoms with E-state index in [1.807, 2.05) is 30.0 Å². The summed E-state index contributed by atoms with van der Waals surface area (Å²) in [6.07, 6.45) is 3.07. The topological polar surface area (TPSA) is 29.1 Å². The summed E-state index contributed by atoms with van der Waals surface area (Å²) in [4.78, 5) is 12.5. The highest BCUT2D eigenvalue weighted by Gasteiger charge is 2.08. The van der Waals surface area contributed by atoms with Gasteiger partial charge in [0, 0.05) is 16.7 Å². The number of amides is 1. The van der Waals surface area contributed by atoms with Gasteiger partial charge in [-0.05, 0) is 24.8 Å². The molecule has 1 N–H and O–H groups in total. The zero-order valence-electron chi connectivity index (χ0n) is 9.56. The van der Waals surface area contributed by atoms with Crippen LogP contribution in [0.25, 0.3) is 0 Å². The van der Waals surface area contributed by atoms with Crippen LogP contribution in [0.4, 0.5) is 0 Å². The van der Waals surface area contributed by atoms with Crippen molar-refractivity contribution in [2.75, 3.05) is 12.8 Å². The van der Waals surface area contributed by atoms with E-state index < -0.39 is 0 Å². The molecule has 0 spiro atoms. The van der Waals surface area contributed by atoms with Gasteiger partial charge in [-0.1, -0.05) is 19.1 Å². The highest BCUT2D eigenvalue weighted by molar-refractivity contribution is 7.99. The Balaban J connectivity index is 2.44. The van der Waals surface area contributed by atoms with E-state index in [1.165, 1.54) is 0 Å². The first-order valence-electron chi connectivity index (χ1n) is 5.24. The second-order valence-corrected chi connectivity index (χ2v) is 5.37. The lowest BCUT2D eigenvalue weighted by Crippen LogP contribution is -2.26. The Morgan fingerprint density at radius 2 is 2.19 bits per heavy atom. The Morgan fingerprint density at radius 3 is 2.81 bits per heavy atom. The SMILES string of the molecule is CSC(C)CCNC(=O)c1ccccc1S. The Labute approximate surface area is 107 Å². The Hall–Kier alpha value is -0.610. The summed E-state index contributed by atoms with van der Waals surface area (Å²) >= 11 is 6.06. The van der Waals surface area contributed by atoms with Crippen molar-refractivity contribution in [1.82, 2.24) is 5.32 Å². The molecule has 0 fully saturated rings. The molecule has 0 aliphatic rings. The molecule has 1 unspecified atom stereocenters. The third kappa shape index (κ3) is 4.10. The molecule has 0 aliphatic heterocycles. The highest BCUT2D eigenvalue weighted by Crippen LogP contribution is 2.13. The zero-order valence-corrected chi connectivity index (χ0v) is 11.3. The molecule has 0 aliphatic carbocycles. The van der Waals surface area contributed by atoms with Crippen LogP contribution < -0.4 is 5.32 Å². The smallest absolute Gasteiger partial charge is 0.252 e. The molecular formula is C12H17NOS2. The van der Waals surface area contributed by atoms with Gasteiger partial charge in [-0.3, -0.25) is 4.79 Å². The normalized spacial score (nSPS) is 12.2. The van der Waals surface area contributed by atoms with Gasteiger partial charge >= 0.3 is 0 Å². The summed E-state index contributed by atoms with van der Waals surface area (Å²) < 4.78 is 0. The number of carbonyl (C=O) groups is 1. The molecule has 1 atom stereocenters. The number of thiol groups is 1. The van der Waals surface area contributed by atoms with Crippen molar-refractivity contribution in [2.24, 2.45) is 0 Å². The van der Waals surface area contributed by atoms with Gasteiger partial charge in [-0.15, -0.1) is 12.6 Å². The second kappa shape index (κ2) is 6.86. The monoisotopic (exact) mass is 255 g/mol. The summed E-state index contributed by atoms with van der Waals surface area (Å²) in [6.45, 7) is 2.87. The lowest BCUT2D eigenvalue weighted by atomic mass is 10.2. The van der Waals surface area contributed by atoms with Crippen LogP contribution in [0.5, 0.6) is 0 Å². The molecule has 16 heavy (non-hydrogen) atoms. The lowest BCUT2D eigenvalue weighted by molar-refractivity contribution is 0.0950. The van der Waals surface area contributed by atoms with Gasteiger partial charge in [-0.2, -0.15) is 11.8 Å². The van der Waals surface area contributed by atoms with E-state index in [0.29, 0.717) is 17.4 Å². The minimum Gasteiger partial charge on any atom is -0.352 e. The minimum absolute atomic E-state index is 0.0427. The number of rotatable bonds is 5. The molecule has 88 valence electrons. The minimum atomic E-state index is -0.0427. The van der Waals surface area contributed by atoms with Gasteiger partial charge in [0.25, 0.3) is 5.91 Å². The van der Waals surface area contributed by atoms with Crippen LogP contribution in [0.15, 0.2) is 29.2 Å². The van der Waals surface area contributed by atoms with Crippen LogP contribution in [-0.4, -0.2) is 24.0 Å². The van der Waals surface area contributed by atoms with E-state index in [1.54, 1.807) is 6.07 Å². The maximum absolute atomic E-state index is 11.8. The molecule has 0 bridgehead atoms. The van der Waals surface area contributed by atoms with E-state index in [9.17, 15) is 4.79 Å². The molecule has 0 heterocycles. The predicted molar refractivity (Wildman–Crippen MR) is 73.6 cm³/mol. The third-order valence-electron chi connectivity index (χ3n) is 2.39. The fraction of sp³-hybridized carbons (Fsp3) is 0.417. The zero-order chi connectivity index (χ0) is 12.0. The van der Waals surface area contributed by atoms with Crippen LogP contribution in [0.2, 0.25) is 0 Å². The van der Waals surface area contributed by atoms with Crippen molar-refractivity contribution < 1.29 is 4.79 Å². The standard InChI is InChI=1S/C12H17NOS2/c1-9(16-2)7-8-13-12(14)10-5-3-4-6-11(10)15/h3-6,9,15H,7-8H2,1-2H3,(H,13,14). The molecule has 1 aromatic rings. The molecular weight excluding hydrogens is 238 g/mol. The van der Waals surface area contributed by atoms with E-state index >= 15 is 0 Å². The van der Waals surface area contributed by atoms with Crippen molar-refractivity contribution in [3.63, 3.8) is 0 Å². The van der Waals surface area contributed by atoms with Gasteiger partial charge in [0.05, 0.1) is 5.56 Å². The van der Waals surface area contributed by atoms with Crippen molar-refractivity contribution in [2.45, 2.75) is 23.5 Å². The van der Waals surface area contributed by atoms with E-state index in [-0.39, 0.29) is 5.91 Å². The highest BCUT2D eigenvalue weighted by atomic mass is 32.2. The predicted octanol–water partition coefficient (Wildman–Crippen LogP) is 2.85. The fourth-order valence-electron chi connectivity index (χ4n) is 1.27. The molecule has 1 amide bonds. The van der Waals surface area contributed by atoms with Crippen LogP contribution in [0, 0.1) is 0 Å². The summed E-state index contributed by atoms with van der Waals surface area (Å²) in [6, 6.07) is 7.33. The van der Waals surface area contributed by atoms with Crippen LogP contribution in [0.1, 0.15) is 23.7 Å². The largest absolute Gasteiger partial charge is 0.352 e. The van der Waals surface area contributed by atoms with E-state index in [4.69, 9.17) is 0 Å². The molecule has 1 aromatic carbocycles. The summed E-state index contributed by atoms with van der Waals surface area (Å²) in [5.74, 6) is -0.0427. The average molecular weight is 255 g/mol. The Kier molecular flexibility index (Phi) is 5.77. The van der Waals surface area contributed by atoms with Crippen LogP contribution in [-0.2, 0) is 0 Å². The molecule has 4 heteroatoms. The van der Waals surface area contributed by atoms with Crippen molar-refractivity contribution in [1.29, 1.82) is 0 Å². The maximum atomic E-state index is 11.8. The van der Waals surface area contributed by atoms with Gasteiger partial charge in [0.2, 0.25) is 0 Å². The number of benzene rings is 1. The van der Waals surface area contributed by atoms with Crippen LogP contribution >= 0.6 is 24.4 Å². The summed E-state index contributed by atoms with van der Waals surface area (Å²) in [5, 5.41) is 3.48. The Bertz CT molecular complexity index is 355.